The van der Waals surface area contributed by atoms with Crippen molar-refractivity contribution in [3.8, 4) is 17.0 Å². The van der Waals surface area contributed by atoms with E-state index in [0.717, 1.165) is 16.2 Å². The third-order valence-corrected chi connectivity index (χ3v) is 7.60. The van der Waals surface area contributed by atoms with Gasteiger partial charge in [0.15, 0.2) is 0 Å². The van der Waals surface area contributed by atoms with Gasteiger partial charge in [0, 0.05) is 28.4 Å². The molecule has 160 valence electrons. The van der Waals surface area contributed by atoms with E-state index in [2.05, 4.69) is 19.7 Å². The summed E-state index contributed by atoms with van der Waals surface area (Å²) in [4.78, 5) is 25.5. The van der Waals surface area contributed by atoms with Crippen LogP contribution in [0.25, 0.3) is 16.8 Å². The van der Waals surface area contributed by atoms with E-state index in [-0.39, 0.29) is 20.9 Å². The van der Waals surface area contributed by atoms with Crippen LogP contribution >= 0.6 is 22.9 Å². The number of hydrogen-bond donors (Lipinski definition) is 1. The Morgan fingerprint density at radius 2 is 1.94 bits per heavy atom. The van der Waals surface area contributed by atoms with Gasteiger partial charge in [-0.15, -0.1) is 11.3 Å². The molecular formula is C19H16ClN5O4S2. The number of rotatable bonds is 5. The number of nitrogens with one attached hydrogen (secondary N) is 1. The molecule has 9 nitrogen and oxygen atoms in total. The Morgan fingerprint density at radius 1 is 1.16 bits per heavy atom. The number of fused-ring (bicyclic) bond motifs is 1. The van der Waals surface area contributed by atoms with E-state index in [0.29, 0.717) is 22.5 Å². The van der Waals surface area contributed by atoms with Gasteiger partial charge in [-0.3, -0.25) is 13.9 Å². The fraction of sp³-hybridized carbons (Fsp3) is 0.158. The first-order chi connectivity index (χ1) is 14.7. The smallest absolute Gasteiger partial charge is 0.289 e. The highest BCUT2D eigenvalue weighted by Gasteiger charge is 2.22. The van der Waals surface area contributed by atoms with Gasteiger partial charge in [0.05, 0.1) is 19.0 Å². The zero-order valence-corrected chi connectivity index (χ0v) is 19.0. The van der Waals surface area contributed by atoms with Gasteiger partial charge >= 0.3 is 0 Å². The van der Waals surface area contributed by atoms with Gasteiger partial charge < -0.3 is 4.74 Å². The molecule has 0 saturated carbocycles. The molecule has 0 aliphatic rings. The first-order valence-corrected chi connectivity index (χ1v) is 11.6. The van der Waals surface area contributed by atoms with E-state index < -0.39 is 15.6 Å². The number of aromatic nitrogens is 4. The molecule has 0 aliphatic carbocycles. The van der Waals surface area contributed by atoms with E-state index in [1.54, 1.807) is 38.2 Å². The van der Waals surface area contributed by atoms with Crippen molar-refractivity contribution in [3.63, 3.8) is 0 Å². The molecule has 4 aromatic heterocycles. The van der Waals surface area contributed by atoms with Gasteiger partial charge in [0.25, 0.3) is 15.6 Å². The van der Waals surface area contributed by atoms with Crippen molar-refractivity contribution < 1.29 is 13.2 Å². The number of aryl methyl sites for hydroxylation is 2. The van der Waals surface area contributed by atoms with E-state index >= 15 is 0 Å². The van der Waals surface area contributed by atoms with Crippen LogP contribution in [0.5, 0.6) is 5.88 Å². The highest BCUT2D eigenvalue weighted by atomic mass is 35.5. The molecule has 4 rings (SSSR count). The van der Waals surface area contributed by atoms with Gasteiger partial charge in [-0.1, -0.05) is 11.6 Å². The molecule has 0 saturated heterocycles. The maximum atomic E-state index is 12.8. The second-order valence-corrected chi connectivity index (χ2v) is 10.0. The predicted molar refractivity (Wildman–Crippen MR) is 119 cm³/mol. The average Bonchev–Trinajstić information content (AvgIpc) is 3.10. The molecule has 0 atom stereocenters. The first kappa shape index (κ1) is 21.2. The summed E-state index contributed by atoms with van der Waals surface area (Å²) in [7, 11) is -2.55. The van der Waals surface area contributed by atoms with Gasteiger partial charge in [0.1, 0.15) is 16.4 Å². The van der Waals surface area contributed by atoms with Crippen molar-refractivity contribution in [1.82, 2.24) is 19.4 Å². The SMILES string of the molecule is COc1ncc(-c2ccc3ncc(Cl)c(=O)n3c2)cc1NS(=O)(=O)c1nc(C)c(C)s1. The Kier molecular flexibility index (Phi) is 5.42. The molecule has 12 heteroatoms. The Labute approximate surface area is 186 Å². The number of pyridine rings is 2. The van der Waals surface area contributed by atoms with Crippen LogP contribution < -0.4 is 15.0 Å². The topological polar surface area (TPSA) is 116 Å². The van der Waals surface area contributed by atoms with Crippen LogP contribution in [-0.2, 0) is 10.0 Å². The van der Waals surface area contributed by atoms with Crippen molar-refractivity contribution >= 4 is 44.3 Å². The second-order valence-electron chi connectivity index (χ2n) is 6.56. The summed E-state index contributed by atoms with van der Waals surface area (Å²) in [6, 6.07) is 4.97. The zero-order chi connectivity index (χ0) is 22.3. The molecule has 0 bridgehead atoms. The zero-order valence-electron chi connectivity index (χ0n) is 16.6. The van der Waals surface area contributed by atoms with Gasteiger partial charge in [-0.2, -0.15) is 8.42 Å². The minimum atomic E-state index is -3.94. The monoisotopic (exact) mass is 477 g/mol. The molecule has 0 radical (unpaired) electrons. The average molecular weight is 478 g/mol. The molecule has 4 aromatic rings. The number of sulfonamides is 1. The lowest BCUT2D eigenvalue weighted by atomic mass is 10.1. The third kappa shape index (κ3) is 3.99. The Balaban J connectivity index is 1.78. The van der Waals surface area contributed by atoms with Crippen LogP contribution in [0.2, 0.25) is 5.02 Å². The van der Waals surface area contributed by atoms with Crippen molar-refractivity contribution in [2.24, 2.45) is 0 Å². The van der Waals surface area contributed by atoms with Crippen LogP contribution in [0.4, 0.5) is 5.69 Å². The summed E-state index contributed by atoms with van der Waals surface area (Å²) in [5, 5.41) is -0.00927. The summed E-state index contributed by atoms with van der Waals surface area (Å²) in [6.45, 7) is 3.55. The maximum Gasteiger partial charge on any atom is 0.289 e. The number of nitrogens with zero attached hydrogens (tertiary/aromatic N) is 4. The Bertz CT molecular complexity index is 1460. The molecule has 0 spiro atoms. The predicted octanol–water partition coefficient (Wildman–Crippen LogP) is 3.29. The fourth-order valence-electron chi connectivity index (χ4n) is 2.82. The van der Waals surface area contributed by atoms with Gasteiger partial charge in [0.2, 0.25) is 10.2 Å². The molecule has 0 fully saturated rings. The lowest BCUT2D eigenvalue weighted by molar-refractivity contribution is 0.400. The number of methoxy groups -OCH3 is 1. The summed E-state index contributed by atoms with van der Waals surface area (Å²) < 4.78 is 34.6. The molecule has 0 aromatic carbocycles. The van der Waals surface area contributed by atoms with Crippen molar-refractivity contribution in [2.75, 3.05) is 11.8 Å². The molecule has 0 amide bonds. The summed E-state index contributed by atoms with van der Waals surface area (Å²) in [6.07, 6.45) is 4.37. The maximum absolute atomic E-state index is 12.8. The minimum absolute atomic E-state index is 0.00927. The molecule has 0 aliphatic heterocycles. The van der Waals surface area contributed by atoms with Crippen LogP contribution in [-0.4, -0.2) is 34.9 Å². The van der Waals surface area contributed by atoms with E-state index in [1.165, 1.54) is 23.9 Å². The van der Waals surface area contributed by atoms with Crippen LogP contribution in [0.3, 0.4) is 0 Å². The Hall–Kier alpha value is -3.02. The molecule has 1 N–H and O–H groups in total. The lowest BCUT2D eigenvalue weighted by Gasteiger charge is -2.12. The molecular weight excluding hydrogens is 462 g/mol. The molecule has 31 heavy (non-hydrogen) atoms. The first-order valence-electron chi connectivity index (χ1n) is 8.88. The van der Waals surface area contributed by atoms with Crippen molar-refractivity contribution in [3.05, 3.63) is 62.7 Å². The number of halogens is 1. The fourth-order valence-corrected chi connectivity index (χ4v) is 5.31. The van der Waals surface area contributed by atoms with Crippen molar-refractivity contribution in [2.45, 2.75) is 18.2 Å². The number of ether oxygens (including phenoxy) is 1. The summed E-state index contributed by atoms with van der Waals surface area (Å²) in [5.41, 5.74) is 1.97. The van der Waals surface area contributed by atoms with Gasteiger partial charge in [-0.25, -0.2) is 15.0 Å². The van der Waals surface area contributed by atoms with Crippen LogP contribution in [0, 0.1) is 13.8 Å². The molecule has 0 unspecified atom stereocenters. The molecule has 4 heterocycles. The number of anilines is 1. The second kappa shape index (κ2) is 7.91. The highest BCUT2D eigenvalue weighted by molar-refractivity contribution is 7.94. The van der Waals surface area contributed by atoms with Gasteiger partial charge in [-0.05, 0) is 32.0 Å². The largest absolute Gasteiger partial charge is 0.480 e. The lowest BCUT2D eigenvalue weighted by Crippen LogP contribution is -2.15. The standard InChI is InChI=1S/C19H16ClN5O4S2/c1-10-11(2)30-19(23-10)31(27,28)24-15-6-13(7-22-17(15)29-3)12-4-5-16-21-8-14(20)18(26)25(16)9-12/h4-9,24H,1-3H3. The summed E-state index contributed by atoms with van der Waals surface area (Å²) >= 11 is 6.97. The highest BCUT2D eigenvalue weighted by Crippen LogP contribution is 2.31. The van der Waals surface area contributed by atoms with Crippen LogP contribution in [0.1, 0.15) is 10.6 Å². The number of thiazole rings is 1. The Morgan fingerprint density at radius 3 is 2.61 bits per heavy atom. The minimum Gasteiger partial charge on any atom is -0.480 e. The quantitative estimate of drug-likeness (QED) is 0.468. The van der Waals surface area contributed by atoms with E-state index in [9.17, 15) is 13.2 Å². The third-order valence-electron chi connectivity index (χ3n) is 4.52. The van der Waals surface area contributed by atoms with E-state index in [1.807, 2.05) is 0 Å². The number of hydrogen-bond acceptors (Lipinski definition) is 8. The summed E-state index contributed by atoms with van der Waals surface area (Å²) in [5.74, 6) is 0.0972. The van der Waals surface area contributed by atoms with Crippen molar-refractivity contribution in [1.29, 1.82) is 0 Å². The van der Waals surface area contributed by atoms with E-state index in [4.69, 9.17) is 16.3 Å². The van der Waals surface area contributed by atoms with Crippen LogP contribution in [0.15, 0.2) is 45.9 Å². The normalized spacial score (nSPS) is 11.6.